The standard InChI is InChI=1S/C48H30N2O/c1-3-12-31(13-4-1)32-22-24-34(25-23-32)49(33-14-5-2-6-15-33)35-26-27-44-41(28-35)39-18-9-10-20-43(39)50(44)36-29-42-38-17-8-7-16-37(38)40-19-11-21-45-47(40)48(42)46(30-36)51-45/h1-30H. The minimum Gasteiger partial charge on any atom is -0.456 e. The fourth-order valence-corrected chi connectivity index (χ4v) is 8.29. The lowest BCUT2D eigenvalue weighted by molar-refractivity contribution is 0.669. The van der Waals surface area contributed by atoms with Crippen molar-refractivity contribution in [2.75, 3.05) is 4.90 Å². The third-order valence-electron chi connectivity index (χ3n) is 10.5. The van der Waals surface area contributed by atoms with Crippen molar-refractivity contribution in [3.05, 3.63) is 182 Å². The van der Waals surface area contributed by atoms with Crippen LogP contribution in [0.3, 0.4) is 0 Å². The molecule has 238 valence electrons. The van der Waals surface area contributed by atoms with E-state index < -0.39 is 0 Å². The van der Waals surface area contributed by atoms with E-state index in [0.29, 0.717) is 0 Å². The van der Waals surface area contributed by atoms with Gasteiger partial charge in [-0.05, 0) is 93.3 Å². The molecule has 0 saturated heterocycles. The summed E-state index contributed by atoms with van der Waals surface area (Å²) in [4.78, 5) is 2.35. The van der Waals surface area contributed by atoms with Gasteiger partial charge in [0, 0.05) is 44.7 Å². The van der Waals surface area contributed by atoms with Crippen LogP contribution in [0, 0.1) is 0 Å². The van der Waals surface area contributed by atoms with E-state index in [2.05, 4.69) is 191 Å². The van der Waals surface area contributed by atoms with Gasteiger partial charge in [-0.25, -0.2) is 0 Å². The van der Waals surface area contributed by atoms with Gasteiger partial charge in [0.25, 0.3) is 0 Å². The smallest absolute Gasteiger partial charge is 0.138 e. The van der Waals surface area contributed by atoms with Crippen molar-refractivity contribution in [2.45, 2.75) is 0 Å². The maximum absolute atomic E-state index is 6.61. The Hall–Kier alpha value is -6.84. The van der Waals surface area contributed by atoms with Gasteiger partial charge in [-0.15, -0.1) is 0 Å². The number of furan rings is 1. The minimum absolute atomic E-state index is 0.913. The molecule has 3 heteroatoms. The molecule has 9 aromatic carbocycles. The van der Waals surface area contributed by atoms with Crippen molar-refractivity contribution >= 4 is 82.4 Å². The molecule has 0 spiro atoms. The summed E-state index contributed by atoms with van der Waals surface area (Å²) in [5, 5.41) is 9.76. The van der Waals surface area contributed by atoms with Gasteiger partial charge >= 0.3 is 0 Å². The zero-order chi connectivity index (χ0) is 33.5. The monoisotopic (exact) mass is 650 g/mol. The highest BCUT2D eigenvalue weighted by molar-refractivity contribution is 6.33. The number of rotatable bonds is 5. The molecule has 0 amide bonds. The third-order valence-corrected chi connectivity index (χ3v) is 10.5. The molecule has 11 aromatic rings. The lowest BCUT2D eigenvalue weighted by atomic mass is 9.94. The number of hydrogen-bond acceptors (Lipinski definition) is 2. The molecule has 0 fully saturated rings. The van der Waals surface area contributed by atoms with Crippen molar-refractivity contribution in [2.24, 2.45) is 0 Å². The first-order valence-electron chi connectivity index (χ1n) is 17.4. The molecular formula is C48H30N2O. The van der Waals surface area contributed by atoms with E-state index in [4.69, 9.17) is 4.42 Å². The number of fused-ring (bicyclic) bond motifs is 6. The summed E-state index contributed by atoms with van der Waals surface area (Å²) >= 11 is 0. The van der Waals surface area contributed by atoms with Crippen LogP contribution in [0.4, 0.5) is 17.1 Å². The summed E-state index contributed by atoms with van der Waals surface area (Å²) in [6, 6.07) is 65.4. The van der Waals surface area contributed by atoms with Gasteiger partial charge in [0.2, 0.25) is 0 Å². The van der Waals surface area contributed by atoms with Crippen LogP contribution >= 0.6 is 0 Å². The summed E-state index contributed by atoms with van der Waals surface area (Å²) in [6.45, 7) is 0. The van der Waals surface area contributed by atoms with E-state index in [-0.39, 0.29) is 0 Å². The number of benzene rings is 9. The molecule has 0 atom stereocenters. The first-order chi connectivity index (χ1) is 25.3. The normalized spacial score (nSPS) is 11.9. The molecule has 2 aromatic heterocycles. The molecule has 0 aliphatic carbocycles. The van der Waals surface area contributed by atoms with Crippen molar-refractivity contribution in [1.82, 2.24) is 4.57 Å². The number of nitrogens with zero attached hydrogens (tertiary/aromatic N) is 2. The largest absolute Gasteiger partial charge is 0.456 e. The Morgan fingerprint density at radius 3 is 1.75 bits per heavy atom. The highest BCUT2D eigenvalue weighted by Crippen LogP contribution is 2.45. The number of anilines is 3. The lowest BCUT2D eigenvalue weighted by Crippen LogP contribution is -2.09. The molecule has 3 nitrogen and oxygen atoms in total. The highest BCUT2D eigenvalue weighted by Gasteiger charge is 2.21. The number of hydrogen-bond donors (Lipinski definition) is 0. The fourth-order valence-electron chi connectivity index (χ4n) is 8.29. The van der Waals surface area contributed by atoms with Crippen LogP contribution in [0.1, 0.15) is 0 Å². The lowest BCUT2D eigenvalue weighted by Gasteiger charge is -2.26. The molecule has 2 heterocycles. The maximum Gasteiger partial charge on any atom is 0.138 e. The molecule has 0 radical (unpaired) electrons. The third kappa shape index (κ3) is 4.19. The average Bonchev–Trinajstić information content (AvgIpc) is 3.74. The Labute approximate surface area is 294 Å². The zero-order valence-corrected chi connectivity index (χ0v) is 27.6. The summed E-state index contributed by atoms with van der Waals surface area (Å²) in [6.07, 6.45) is 0. The van der Waals surface area contributed by atoms with Crippen molar-refractivity contribution in [3.8, 4) is 16.8 Å². The first kappa shape index (κ1) is 28.0. The molecule has 0 aliphatic heterocycles. The van der Waals surface area contributed by atoms with Gasteiger partial charge < -0.3 is 13.9 Å². The van der Waals surface area contributed by atoms with E-state index in [1.54, 1.807) is 0 Å². The Kier molecular flexibility index (Phi) is 5.96. The number of para-hydroxylation sites is 2. The summed E-state index contributed by atoms with van der Waals surface area (Å²) < 4.78 is 9.01. The predicted molar refractivity (Wildman–Crippen MR) is 214 cm³/mol. The van der Waals surface area contributed by atoms with E-state index in [0.717, 1.165) is 44.9 Å². The fraction of sp³-hybridized carbons (Fsp3) is 0. The zero-order valence-electron chi connectivity index (χ0n) is 27.6. The van der Waals surface area contributed by atoms with Gasteiger partial charge in [-0.3, -0.25) is 0 Å². The van der Waals surface area contributed by atoms with Gasteiger partial charge in [0.15, 0.2) is 0 Å². The molecule has 0 saturated carbocycles. The second-order valence-corrected chi connectivity index (χ2v) is 13.3. The summed E-state index contributed by atoms with van der Waals surface area (Å²) in [5.74, 6) is 0. The highest BCUT2D eigenvalue weighted by atomic mass is 16.3. The van der Waals surface area contributed by atoms with Crippen molar-refractivity contribution < 1.29 is 4.42 Å². The minimum atomic E-state index is 0.913. The van der Waals surface area contributed by atoms with Crippen LogP contribution in [0.2, 0.25) is 0 Å². The number of aromatic nitrogens is 1. The molecule has 0 bridgehead atoms. The van der Waals surface area contributed by atoms with Crippen molar-refractivity contribution in [3.63, 3.8) is 0 Å². The first-order valence-corrected chi connectivity index (χ1v) is 17.4. The summed E-state index contributed by atoms with van der Waals surface area (Å²) in [7, 11) is 0. The van der Waals surface area contributed by atoms with E-state index in [1.807, 2.05) is 0 Å². The Morgan fingerprint density at radius 2 is 0.941 bits per heavy atom. The van der Waals surface area contributed by atoms with Crippen molar-refractivity contribution in [1.29, 1.82) is 0 Å². The maximum atomic E-state index is 6.61. The van der Waals surface area contributed by atoms with E-state index in [9.17, 15) is 0 Å². The Balaban J connectivity index is 1.13. The van der Waals surface area contributed by atoms with Crippen LogP contribution in [0.15, 0.2) is 186 Å². The second-order valence-electron chi connectivity index (χ2n) is 13.3. The molecule has 0 N–H and O–H groups in total. The van der Waals surface area contributed by atoms with E-state index in [1.165, 1.54) is 54.2 Å². The second kappa shape index (κ2) is 10.8. The van der Waals surface area contributed by atoms with Crippen LogP contribution in [0.5, 0.6) is 0 Å². The Morgan fingerprint density at radius 1 is 0.353 bits per heavy atom. The van der Waals surface area contributed by atoms with E-state index >= 15 is 0 Å². The quantitative estimate of drug-likeness (QED) is 0.173. The predicted octanol–water partition coefficient (Wildman–Crippen LogP) is 13.6. The van der Waals surface area contributed by atoms with Crippen LogP contribution in [-0.4, -0.2) is 4.57 Å². The average molecular weight is 651 g/mol. The SMILES string of the molecule is c1ccc(-c2ccc(N(c3ccccc3)c3ccc4c(c3)c3ccccc3n4-c3cc4oc5cccc6c7ccccc7c(c3)c4c56)cc2)cc1. The van der Waals surface area contributed by atoms with Crippen LogP contribution in [0.25, 0.3) is 82.1 Å². The van der Waals surface area contributed by atoms with Crippen LogP contribution in [-0.2, 0) is 0 Å². The molecule has 11 rings (SSSR count). The molecule has 51 heavy (non-hydrogen) atoms. The summed E-state index contributed by atoms with van der Waals surface area (Å²) in [5.41, 5.74) is 11.0. The Bertz CT molecular complexity index is 3060. The molecule has 0 aliphatic rings. The van der Waals surface area contributed by atoms with Gasteiger partial charge in [-0.2, -0.15) is 0 Å². The van der Waals surface area contributed by atoms with Crippen LogP contribution < -0.4 is 4.90 Å². The van der Waals surface area contributed by atoms with Gasteiger partial charge in [0.1, 0.15) is 11.2 Å². The topological polar surface area (TPSA) is 21.3 Å². The van der Waals surface area contributed by atoms with Gasteiger partial charge in [0.05, 0.1) is 16.7 Å². The molecule has 0 unspecified atom stereocenters. The van der Waals surface area contributed by atoms with Gasteiger partial charge in [-0.1, -0.05) is 115 Å². The molecular weight excluding hydrogens is 621 g/mol.